The monoisotopic (exact) mass is 349 g/mol. The molecule has 3 rings (SSSR count). The molecule has 0 aliphatic heterocycles. The molecule has 0 spiro atoms. The van der Waals surface area contributed by atoms with E-state index in [-0.39, 0.29) is 11.6 Å². The zero-order valence-corrected chi connectivity index (χ0v) is 13.5. The molecule has 2 nitrogen and oxygen atoms in total. The maximum Gasteiger partial charge on any atom is 0.195 e. The molecule has 3 aromatic rings. The van der Waals surface area contributed by atoms with Gasteiger partial charge in [-0.3, -0.25) is 4.79 Å². The molecule has 0 amide bonds. The summed E-state index contributed by atoms with van der Waals surface area (Å²) in [7, 11) is 0. The fraction of sp³-hybridized carbons (Fsp3) is 0. The number of carbonyl (C=O) groups excluding carboxylic acids is 1. The van der Waals surface area contributed by atoms with Crippen LogP contribution in [0.2, 0.25) is 4.34 Å². The second-order valence-electron chi connectivity index (χ2n) is 4.39. The number of hydrogen-bond donors (Lipinski definition) is 0. The summed E-state index contributed by atoms with van der Waals surface area (Å²) in [6.07, 6.45) is 3.14. The van der Waals surface area contributed by atoms with E-state index in [9.17, 15) is 9.18 Å². The van der Waals surface area contributed by atoms with E-state index >= 15 is 0 Å². The normalized spacial score (nSPS) is 11.2. The highest BCUT2D eigenvalue weighted by atomic mass is 35.5. The molecular formula is C16H9ClFNOS2. The Labute approximate surface area is 139 Å². The number of halogens is 2. The third-order valence-electron chi connectivity index (χ3n) is 2.83. The number of thiophene rings is 1. The third kappa shape index (κ3) is 3.50. The van der Waals surface area contributed by atoms with Crippen LogP contribution in [0.4, 0.5) is 4.39 Å². The predicted octanol–water partition coefficient (Wildman–Crippen LogP) is 5.56. The Kier molecular flexibility index (Phi) is 4.47. The van der Waals surface area contributed by atoms with Crippen molar-refractivity contribution in [1.82, 2.24) is 4.98 Å². The molecular weight excluding hydrogens is 341 g/mol. The quantitative estimate of drug-likeness (QED) is 0.456. The predicted molar refractivity (Wildman–Crippen MR) is 90.2 cm³/mol. The van der Waals surface area contributed by atoms with E-state index in [1.165, 1.54) is 40.9 Å². The maximum absolute atomic E-state index is 12.9. The van der Waals surface area contributed by atoms with E-state index in [4.69, 9.17) is 11.6 Å². The first-order chi connectivity index (χ1) is 10.6. The van der Waals surface area contributed by atoms with Crippen molar-refractivity contribution >= 4 is 46.1 Å². The van der Waals surface area contributed by atoms with Gasteiger partial charge in [-0.05, 0) is 48.6 Å². The Morgan fingerprint density at radius 3 is 2.64 bits per heavy atom. The van der Waals surface area contributed by atoms with E-state index in [2.05, 4.69) is 4.98 Å². The molecule has 6 heteroatoms. The molecule has 0 saturated heterocycles. The van der Waals surface area contributed by atoms with Crippen LogP contribution < -0.4 is 0 Å². The second kappa shape index (κ2) is 6.52. The summed E-state index contributed by atoms with van der Waals surface area (Å²) in [5, 5.41) is 2.63. The SMILES string of the molecule is O=C(/C=C/c1csc(-c2ccc(F)cc2)n1)c1ccc(Cl)s1. The molecule has 2 aromatic heterocycles. The number of thiazole rings is 1. The minimum absolute atomic E-state index is 0.103. The van der Waals surface area contributed by atoms with Crippen molar-refractivity contribution in [1.29, 1.82) is 0 Å². The van der Waals surface area contributed by atoms with Gasteiger partial charge in [0, 0.05) is 10.9 Å². The summed E-state index contributed by atoms with van der Waals surface area (Å²) in [6.45, 7) is 0. The summed E-state index contributed by atoms with van der Waals surface area (Å²) in [4.78, 5) is 17.0. The molecule has 0 unspecified atom stereocenters. The van der Waals surface area contributed by atoms with Crippen LogP contribution in [-0.2, 0) is 0 Å². The van der Waals surface area contributed by atoms with E-state index in [0.29, 0.717) is 14.9 Å². The van der Waals surface area contributed by atoms with Gasteiger partial charge < -0.3 is 0 Å². The maximum atomic E-state index is 12.9. The largest absolute Gasteiger partial charge is 0.288 e. The minimum Gasteiger partial charge on any atom is -0.288 e. The van der Waals surface area contributed by atoms with Crippen LogP contribution in [0.1, 0.15) is 15.4 Å². The Hall–Kier alpha value is -1.82. The van der Waals surface area contributed by atoms with Crippen molar-refractivity contribution in [2.24, 2.45) is 0 Å². The van der Waals surface area contributed by atoms with Crippen molar-refractivity contribution in [2.75, 3.05) is 0 Å². The van der Waals surface area contributed by atoms with Gasteiger partial charge in [-0.2, -0.15) is 0 Å². The molecule has 0 aliphatic carbocycles. The Balaban J connectivity index is 1.75. The first-order valence-corrected chi connectivity index (χ1v) is 8.38. The number of hydrogen-bond acceptors (Lipinski definition) is 4. The zero-order valence-electron chi connectivity index (χ0n) is 11.1. The lowest BCUT2D eigenvalue weighted by Gasteiger charge is -1.94. The second-order valence-corrected chi connectivity index (χ2v) is 6.96. The van der Waals surface area contributed by atoms with Gasteiger partial charge in [0.2, 0.25) is 0 Å². The summed E-state index contributed by atoms with van der Waals surface area (Å²) in [5.41, 5.74) is 1.54. The summed E-state index contributed by atoms with van der Waals surface area (Å²) in [5.74, 6) is -0.381. The van der Waals surface area contributed by atoms with Crippen molar-refractivity contribution in [3.8, 4) is 10.6 Å². The van der Waals surface area contributed by atoms with Crippen molar-refractivity contribution < 1.29 is 9.18 Å². The van der Waals surface area contributed by atoms with Gasteiger partial charge in [0.05, 0.1) is 14.9 Å². The number of nitrogens with zero attached hydrogens (tertiary/aromatic N) is 1. The molecule has 0 aliphatic rings. The molecule has 0 bridgehead atoms. The molecule has 0 saturated carbocycles. The van der Waals surface area contributed by atoms with Crippen LogP contribution in [0.15, 0.2) is 47.9 Å². The summed E-state index contributed by atoms with van der Waals surface area (Å²) >= 11 is 8.50. The lowest BCUT2D eigenvalue weighted by atomic mass is 10.2. The van der Waals surface area contributed by atoms with Gasteiger partial charge in [-0.25, -0.2) is 9.37 Å². The minimum atomic E-state index is -0.277. The van der Waals surface area contributed by atoms with Crippen LogP contribution in [0.3, 0.4) is 0 Å². The van der Waals surface area contributed by atoms with E-state index in [1.54, 1.807) is 30.3 Å². The third-order valence-corrected chi connectivity index (χ3v) is 4.99. The highest BCUT2D eigenvalue weighted by Crippen LogP contribution is 2.25. The van der Waals surface area contributed by atoms with Crippen LogP contribution in [-0.4, -0.2) is 10.8 Å². The number of carbonyl (C=O) groups is 1. The first kappa shape index (κ1) is 15.1. The molecule has 0 atom stereocenters. The zero-order chi connectivity index (χ0) is 15.5. The highest BCUT2D eigenvalue weighted by molar-refractivity contribution is 7.18. The smallest absolute Gasteiger partial charge is 0.195 e. The molecule has 0 radical (unpaired) electrons. The summed E-state index contributed by atoms with van der Waals surface area (Å²) in [6, 6.07) is 9.56. The van der Waals surface area contributed by atoms with Crippen molar-refractivity contribution in [2.45, 2.75) is 0 Å². The number of allylic oxidation sites excluding steroid dienone is 1. The molecule has 0 fully saturated rings. The average molecular weight is 350 g/mol. The number of benzene rings is 1. The number of ketones is 1. The highest BCUT2D eigenvalue weighted by Gasteiger charge is 2.06. The van der Waals surface area contributed by atoms with Crippen LogP contribution >= 0.6 is 34.3 Å². The van der Waals surface area contributed by atoms with E-state index in [1.807, 2.05) is 5.38 Å². The average Bonchev–Trinajstić information content (AvgIpc) is 3.15. The Bertz CT molecular complexity index is 836. The topological polar surface area (TPSA) is 30.0 Å². The molecule has 1 aromatic carbocycles. The van der Waals surface area contributed by atoms with Gasteiger partial charge >= 0.3 is 0 Å². The Morgan fingerprint density at radius 1 is 1.18 bits per heavy atom. The van der Waals surface area contributed by atoms with Crippen LogP contribution in [0.25, 0.3) is 16.6 Å². The van der Waals surface area contributed by atoms with Crippen LogP contribution in [0.5, 0.6) is 0 Å². The molecule has 0 N–H and O–H groups in total. The van der Waals surface area contributed by atoms with Crippen molar-refractivity contribution in [3.63, 3.8) is 0 Å². The number of aromatic nitrogens is 1. The number of rotatable bonds is 4. The van der Waals surface area contributed by atoms with Gasteiger partial charge in [0.25, 0.3) is 0 Å². The first-order valence-electron chi connectivity index (χ1n) is 6.31. The van der Waals surface area contributed by atoms with Gasteiger partial charge in [-0.15, -0.1) is 22.7 Å². The van der Waals surface area contributed by atoms with Gasteiger partial charge in [0.15, 0.2) is 5.78 Å². The van der Waals surface area contributed by atoms with Crippen LogP contribution in [0, 0.1) is 5.82 Å². The lowest BCUT2D eigenvalue weighted by Crippen LogP contribution is -1.88. The van der Waals surface area contributed by atoms with Gasteiger partial charge in [0.1, 0.15) is 10.8 Å². The van der Waals surface area contributed by atoms with Crippen molar-refractivity contribution in [3.05, 3.63) is 68.6 Å². The Morgan fingerprint density at radius 2 is 1.95 bits per heavy atom. The fourth-order valence-electron chi connectivity index (χ4n) is 1.78. The van der Waals surface area contributed by atoms with Gasteiger partial charge in [-0.1, -0.05) is 11.6 Å². The molecule has 2 heterocycles. The standard InChI is InChI=1S/C16H9ClFNOS2/c17-15-8-7-14(22-15)13(20)6-5-12-9-21-16(19-12)10-1-3-11(18)4-2-10/h1-9H/b6-5+. The van der Waals surface area contributed by atoms with E-state index < -0.39 is 0 Å². The van der Waals surface area contributed by atoms with E-state index in [0.717, 1.165) is 10.6 Å². The molecule has 110 valence electrons. The fourth-order valence-corrected chi connectivity index (χ4v) is 3.53. The molecule has 22 heavy (non-hydrogen) atoms. The lowest BCUT2D eigenvalue weighted by molar-refractivity contribution is 0.105. The summed E-state index contributed by atoms with van der Waals surface area (Å²) < 4.78 is 13.5.